The van der Waals surface area contributed by atoms with Crippen LogP contribution in [-0.2, 0) is 10.2 Å². The summed E-state index contributed by atoms with van der Waals surface area (Å²) >= 11 is 5.96. The molecule has 0 spiro atoms. The first kappa shape index (κ1) is 17.1. The van der Waals surface area contributed by atoms with E-state index in [1.54, 1.807) is 6.07 Å². The van der Waals surface area contributed by atoms with Gasteiger partial charge < -0.3 is 10.2 Å². The van der Waals surface area contributed by atoms with E-state index in [-0.39, 0.29) is 11.7 Å². The largest absolute Gasteiger partial charge is 0.344 e. The summed E-state index contributed by atoms with van der Waals surface area (Å²) in [5.41, 5.74) is 1.63. The Labute approximate surface area is 157 Å². The Kier molecular flexibility index (Phi) is 3.85. The molecule has 5 heteroatoms. The van der Waals surface area contributed by atoms with Crippen molar-refractivity contribution in [1.82, 2.24) is 5.32 Å². The van der Waals surface area contributed by atoms with Crippen molar-refractivity contribution < 1.29 is 9.18 Å². The molecule has 1 N–H and O–H groups in total. The van der Waals surface area contributed by atoms with Gasteiger partial charge in [-0.3, -0.25) is 4.79 Å². The zero-order valence-corrected chi connectivity index (χ0v) is 15.5. The number of rotatable bonds is 2. The second-order valence-corrected chi connectivity index (χ2v) is 7.82. The quantitative estimate of drug-likeness (QED) is 0.843. The van der Waals surface area contributed by atoms with Crippen LogP contribution in [0.5, 0.6) is 0 Å². The molecule has 0 bridgehead atoms. The molecule has 0 aliphatic carbocycles. The van der Waals surface area contributed by atoms with Gasteiger partial charge in [-0.1, -0.05) is 43.7 Å². The molecule has 0 unspecified atom stereocenters. The lowest BCUT2D eigenvalue weighted by Crippen LogP contribution is -2.68. The van der Waals surface area contributed by atoms with Crippen molar-refractivity contribution in [3.63, 3.8) is 0 Å². The highest BCUT2D eigenvalue weighted by Gasteiger charge is 2.57. The molecule has 2 heterocycles. The highest BCUT2D eigenvalue weighted by atomic mass is 35.5. The van der Waals surface area contributed by atoms with Gasteiger partial charge in [0.25, 0.3) is 0 Å². The van der Waals surface area contributed by atoms with Crippen LogP contribution in [0, 0.1) is 5.82 Å². The molecule has 0 radical (unpaired) electrons. The summed E-state index contributed by atoms with van der Waals surface area (Å²) in [6.45, 7) is 4.69. The van der Waals surface area contributed by atoms with Crippen molar-refractivity contribution >= 4 is 29.3 Å². The van der Waals surface area contributed by atoms with Crippen LogP contribution in [0.2, 0.25) is 5.02 Å². The summed E-state index contributed by atoms with van der Waals surface area (Å²) in [6, 6.07) is 12.4. The Hall–Kier alpha value is -2.33. The number of fused-ring (bicyclic) bond motifs is 3. The summed E-state index contributed by atoms with van der Waals surface area (Å²) in [5.74, 6) is -0.261. The zero-order valence-electron chi connectivity index (χ0n) is 14.7. The molecule has 4 rings (SSSR count). The first-order valence-corrected chi connectivity index (χ1v) is 9.05. The van der Waals surface area contributed by atoms with Gasteiger partial charge in [-0.2, -0.15) is 0 Å². The lowest BCUT2D eigenvalue weighted by molar-refractivity contribution is -0.124. The van der Waals surface area contributed by atoms with E-state index in [1.807, 2.05) is 56.3 Å². The van der Waals surface area contributed by atoms with Crippen LogP contribution in [0.25, 0.3) is 6.08 Å². The Bertz CT molecular complexity index is 907. The third kappa shape index (κ3) is 2.43. The SMILES string of the molecule is CC1(C)c2cc(F)ccc2N2CCC(=O)N[C@]21/C=C/c1ccc(Cl)cc1. The molecule has 3 nitrogen and oxygen atoms in total. The van der Waals surface area contributed by atoms with E-state index in [1.165, 1.54) is 6.07 Å². The Balaban J connectivity index is 1.84. The van der Waals surface area contributed by atoms with Crippen LogP contribution in [0.4, 0.5) is 10.1 Å². The first-order chi connectivity index (χ1) is 12.3. The van der Waals surface area contributed by atoms with E-state index >= 15 is 0 Å². The molecular weight excluding hydrogens is 351 g/mol. The third-order valence-electron chi connectivity index (χ3n) is 5.58. The summed E-state index contributed by atoms with van der Waals surface area (Å²) in [4.78, 5) is 14.5. The van der Waals surface area contributed by atoms with E-state index in [2.05, 4.69) is 10.2 Å². The lowest BCUT2D eigenvalue weighted by Gasteiger charge is -2.49. The molecule has 0 aromatic heterocycles. The van der Waals surface area contributed by atoms with Crippen LogP contribution in [-0.4, -0.2) is 18.1 Å². The Morgan fingerprint density at radius 1 is 1.19 bits per heavy atom. The topological polar surface area (TPSA) is 32.3 Å². The molecule has 2 aromatic rings. The van der Waals surface area contributed by atoms with Gasteiger partial charge in [0, 0.05) is 29.1 Å². The van der Waals surface area contributed by atoms with Crippen LogP contribution in [0.15, 0.2) is 48.5 Å². The molecule has 2 aliphatic rings. The summed E-state index contributed by atoms with van der Waals surface area (Å²) < 4.78 is 13.9. The van der Waals surface area contributed by atoms with E-state index < -0.39 is 11.1 Å². The Morgan fingerprint density at radius 2 is 1.92 bits per heavy atom. The van der Waals surface area contributed by atoms with Gasteiger partial charge in [-0.05, 0) is 47.5 Å². The molecule has 0 saturated carbocycles. The maximum Gasteiger partial charge on any atom is 0.223 e. The maximum absolute atomic E-state index is 13.9. The number of nitrogens with zero attached hydrogens (tertiary/aromatic N) is 1. The minimum absolute atomic E-state index is 0.00311. The van der Waals surface area contributed by atoms with E-state index in [9.17, 15) is 9.18 Å². The Morgan fingerprint density at radius 3 is 2.65 bits per heavy atom. The minimum Gasteiger partial charge on any atom is -0.344 e. The highest BCUT2D eigenvalue weighted by molar-refractivity contribution is 6.30. The van der Waals surface area contributed by atoms with Crippen molar-refractivity contribution in [3.05, 3.63) is 70.5 Å². The molecule has 1 fully saturated rings. The number of hydrogen-bond donors (Lipinski definition) is 1. The summed E-state index contributed by atoms with van der Waals surface area (Å²) in [5, 5.41) is 3.86. The van der Waals surface area contributed by atoms with Gasteiger partial charge in [0.05, 0.1) is 0 Å². The van der Waals surface area contributed by atoms with E-state index in [0.717, 1.165) is 16.8 Å². The minimum atomic E-state index is -0.738. The number of nitrogens with one attached hydrogen (secondary N) is 1. The molecule has 1 saturated heterocycles. The van der Waals surface area contributed by atoms with E-state index in [0.29, 0.717) is 18.0 Å². The van der Waals surface area contributed by atoms with Gasteiger partial charge >= 0.3 is 0 Å². The monoisotopic (exact) mass is 370 g/mol. The van der Waals surface area contributed by atoms with Crippen LogP contribution < -0.4 is 10.2 Å². The van der Waals surface area contributed by atoms with Gasteiger partial charge in [0.2, 0.25) is 5.91 Å². The third-order valence-corrected chi connectivity index (χ3v) is 5.83. The molecule has 2 aromatic carbocycles. The van der Waals surface area contributed by atoms with Gasteiger partial charge in [0.15, 0.2) is 0 Å². The first-order valence-electron chi connectivity index (χ1n) is 8.67. The van der Waals surface area contributed by atoms with Crippen molar-refractivity contribution in [2.24, 2.45) is 0 Å². The zero-order chi connectivity index (χ0) is 18.5. The predicted molar refractivity (Wildman–Crippen MR) is 103 cm³/mol. The van der Waals surface area contributed by atoms with Gasteiger partial charge in [0.1, 0.15) is 11.5 Å². The standard InChI is InChI=1S/C21H20ClFN2O/c1-20(2)17-13-16(23)7-8-18(17)25-12-10-19(26)24-21(20,25)11-9-14-3-5-15(22)6-4-14/h3-9,11,13H,10,12H2,1-2H3,(H,24,26)/b11-9+/t21-/m1/s1. The fourth-order valence-corrected chi connectivity index (χ4v) is 4.24. The van der Waals surface area contributed by atoms with E-state index in [4.69, 9.17) is 11.6 Å². The highest BCUT2D eigenvalue weighted by Crippen LogP contribution is 2.52. The molecule has 26 heavy (non-hydrogen) atoms. The van der Waals surface area contributed by atoms with Crippen molar-refractivity contribution in [1.29, 1.82) is 0 Å². The number of carbonyl (C=O) groups excluding carboxylic acids is 1. The van der Waals surface area contributed by atoms with Gasteiger partial charge in [-0.25, -0.2) is 4.39 Å². The second kappa shape index (κ2) is 5.85. The number of anilines is 1. The fraction of sp³-hybridized carbons (Fsp3) is 0.286. The number of amides is 1. The second-order valence-electron chi connectivity index (χ2n) is 7.39. The number of hydrogen-bond acceptors (Lipinski definition) is 2. The maximum atomic E-state index is 13.9. The number of halogens is 2. The van der Waals surface area contributed by atoms with Crippen LogP contribution >= 0.6 is 11.6 Å². The van der Waals surface area contributed by atoms with Gasteiger partial charge in [-0.15, -0.1) is 0 Å². The van der Waals surface area contributed by atoms with Crippen molar-refractivity contribution in [2.75, 3.05) is 11.4 Å². The summed E-state index contributed by atoms with van der Waals surface area (Å²) in [6.07, 6.45) is 4.42. The smallest absolute Gasteiger partial charge is 0.223 e. The number of benzene rings is 2. The van der Waals surface area contributed by atoms with Crippen LogP contribution in [0.3, 0.4) is 0 Å². The molecule has 2 aliphatic heterocycles. The van der Waals surface area contributed by atoms with Crippen LogP contribution in [0.1, 0.15) is 31.4 Å². The number of carbonyl (C=O) groups is 1. The fourth-order valence-electron chi connectivity index (χ4n) is 4.12. The average molecular weight is 371 g/mol. The van der Waals surface area contributed by atoms with Crippen molar-refractivity contribution in [3.8, 4) is 0 Å². The summed E-state index contributed by atoms with van der Waals surface area (Å²) in [7, 11) is 0. The molecule has 1 atom stereocenters. The molecular formula is C21H20ClFN2O. The predicted octanol–water partition coefficient (Wildman–Crippen LogP) is 4.51. The normalized spacial score (nSPS) is 23.7. The van der Waals surface area contributed by atoms with Crippen molar-refractivity contribution in [2.45, 2.75) is 31.3 Å². The lowest BCUT2D eigenvalue weighted by atomic mass is 9.74. The molecule has 134 valence electrons. The molecule has 1 amide bonds. The average Bonchev–Trinajstić information content (AvgIpc) is 2.79.